The first-order chi connectivity index (χ1) is 13.8. The zero-order valence-corrected chi connectivity index (χ0v) is 16.2. The molecule has 0 radical (unpaired) electrons. The van der Waals surface area contributed by atoms with Crippen molar-refractivity contribution in [1.82, 2.24) is 15.0 Å². The van der Waals surface area contributed by atoms with E-state index in [1.807, 2.05) is 18.5 Å². The Balaban J connectivity index is 1.31. The molecule has 0 N–H and O–H groups in total. The van der Waals surface area contributed by atoms with E-state index in [-0.39, 0.29) is 0 Å². The molecular formula is C22H25N5O. The van der Waals surface area contributed by atoms with E-state index in [0.29, 0.717) is 11.8 Å². The first-order valence-corrected chi connectivity index (χ1v) is 9.97. The number of aromatic nitrogens is 3. The molecule has 0 saturated carbocycles. The van der Waals surface area contributed by atoms with Crippen molar-refractivity contribution in [2.24, 2.45) is 5.92 Å². The molecule has 2 aliphatic heterocycles. The third-order valence-electron chi connectivity index (χ3n) is 5.87. The van der Waals surface area contributed by atoms with E-state index < -0.39 is 0 Å². The summed E-state index contributed by atoms with van der Waals surface area (Å²) in [5.41, 5.74) is 2.17. The maximum absolute atomic E-state index is 5.34. The van der Waals surface area contributed by atoms with E-state index in [2.05, 4.69) is 45.1 Å². The van der Waals surface area contributed by atoms with E-state index >= 15 is 0 Å². The Bertz CT molecular complexity index is 972. The molecule has 1 aromatic carbocycles. The maximum atomic E-state index is 5.34. The number of hydrogen-bond donors (Lipinski definition) is 0. The normalized spacial score (nSPS) is 20.0. The summed E-state index contributed by atoms with van der Waals surface area (Å²) < 4.78 is 5.34. The lowest BCUT2D eigenvalue weighted by Gasteiger charge is -2.40. The third-order valence-corrected chi connectivity index (χ3v) is 5.87. The lowest BCUT2D eigenvalue weighted by Crippen LogP contribution is -2.46. The summed E-state index contributed by atoms with van der Waals surface area (Å²) in [4.78, 5) is 18.9. The number of rotatable bonds is 5. The van der Waals surface area contributed by atoms with Gasteiger partial charge in [-0.1, -0.05) is 18.2 Å². The molecule has 4 heterocycles. The van der Waals surface area contributed by atoms with Crippen molar-refractivity contribution in [2.45, 2.75) is 12.3 Å². The van der Waals surface area contributed by atoms with Crippen LogP contribution in [0.15, 0.2) is 48.8 Å². The number of para-hydroxylation sites is 1. The molecule has 6 heteroatoms. The van der Waals surface area contributed by atoms with Crippen molar-refractivity contribution in [1.29, 1.82) is 0 Å². The summed E-state index contributed by atoms with van der Waals surface area (Å²) in [6.45, 7) is 4.72. The predicted octanol–water partition coefficient (Wildman–Crippen LogP) is 3.10. The third kappa shape index (κ3) is 3.18. The number of methoxy groups -OCH3 is 1. The summed E-state index contributed by atoms with van der Waals surface area (Å²) >= 11 is 0. The van der Waals surface area contributed by atoms with E-state index in [4.69, 9.17) is 14.7 Å². The zero-order valence-electron chi connectivity index (χ0n) is 16.2. The number of ether oxygens (including phenoxy) is 1. The predicted molar refractivity (Wildman–Crippen MR) is 111 cm³/mol. The average molecular weight is 375 g/mol. The summed E-state index contributed by atoms with van der Waals surface area (Å²) in [5, 5.41) is 1.18. The lowest BCUT2D eigenvalue weighted by molar-refractivity contribution is 0.161. The van der Waals surface area contributed by atoms with Crippen molar-refractivity contribution in [2.75, 3.05) is 49.7 Å². The molecule has 6 nitrogen and oxygen atoms in total. The zero-order chi connectivity index (χ0) is 18.9. The number of fused-ring (bicyclic) bond motifs is 1. The Morgan fingerprint density at radius 1 is 1.00 bits per heavy atom. The SMILES string of the molecule is COC[C@H]1CCN(c2nccnc2C2CN(c3ccc4ccccc4n3)C2)C1. The van der Waals surface area contributed by atoms with Gasteiger partial charge in [-0.15, -0.1) is 0 Å². The van der Waals surface area contributed by atoms with E-state index in [9.17, 15) is 0 Å². The first kappa shape index (κ1) is 17.4. The van der Waals surface area contributed by atoms with Crippen molar-refractivity contribution < 1.29 is 4.74 Å². The van der Waals surface area contributed by atoms with Gasteiger partial charge in [-0.25, -0.2) is 9.97 Å². The number of benzene rings is 1. The van der Waals surface area contributed by atoms with Gasteiger partial charge >= 0.3 is 0 Å². The molecule has 0 bridgehead atoms. The highest BCUT2D eigenvalue weighted by molar-refractivity contribution is 5.80. The summed E-state index contributed by atoms with van der Waals surface area (Å²) in [5.74, 6) is 3.08. The molecule has 0 aliphatic carbocycles. The molecule has 2 saturated heterocycles. The summed E-state index contributed by atoms with van der Waals surface area (Å²) in [7, 11) is 1.78. The Kier molecular flexibility index (Phi) is 4.56. The van der Waals surface area contributed by atoms with Gasteiger partial charge in [0.05, 0.1) is 17.8 Å². The molecule has 2 aliphatic rings. The van der Waals surface area contributed by atoms with Crippen molar-refractivity contribution >= 4 is 22.5 Å². The molecule has 144 valence electrons. The quantitative estimate of drug-likeness (QED) is 0.683. The van der Waals surface area contributed by atoms with Crippen LogP contribution in [0.3, 0.4) is 0 Å². The van der Waals surface area contributed by atoms with Gasteiger partial charge in [-0.2, -0.15) is 0 Å². The minimum absolute atomic E-state index is 0.401. The standard InChI is InChI=1S/C22H25N5O/c1-28-15-16-8-11-26(12-16)22-21(23-9-10-24-22)18-13-27(14-18)20-7-6-17-4-2-3-5-19(17)25-20/h2-7,9-10,16,18H,8,11-15H2,1H3/t16-/m0/s1. The second-order valence-electron chi connectivity index (χ2n) is 7.79. The van der Waals surface area contributed by atoms with Crippen molar-refractivity contribution in [3.05, 3.63) is 54.5 Å². The number of pyridine rings is 1. The van der Waals surface area contributed by atoms with Crippen LogP contribution in [0.4, 0.5) is 11.6 Å². The van der Waals surface area contributed by atoms with Gasteiger partial charge in [-0.3, -0.25) is 4.98 Å². The molecule has 28 heavy (non-hydrogen) atoms. The first-order valence-electron chi connectivity index (χ1n) is 9.97. The van der Waals surface area contributed by atoms with Gasteiger partial charge in [0.2, 0.25) is 0 Å². The highest BCUT2D eigenvalue weighted by Gasteiger charge is 2.35. The Morgan fingerprint density at radius 3 is 2.75 bits per heavy atom. The van der Waals surface area contributed by atoms with Crippen LogP contribution < -0.4 is 9.80 Å². The van der Waals surface area contributed by atoms with Crippen LogP contribution in [0.1, 0.15) is 18.0 Å². The van der Waals surface area contributed by atoms with E-state index in [0.717, 1.165) is 62.1 Å². The van der Waals surface area contributed by atoms with Crippen LogP contribution in [0.25, 0.3) is 10.9 Å². The fourth-order valence-electron chi connectivity index (χ4n) is 4.34. The van der Waals surface area contributed by atoms with Gasteiger partial charge in [0, 0.05) is 62.9 Å². The van der Waals surface area contributed by atoms with Crippen LogP contribution in [0.5, 0.6) is 0 Å². The van der Waals surface area contributed by atoms with Gasteiger partial charge in [0.1, 0.15) is 5.82 Å². The van der Waals surface area contributed by atoms with Crippen LogP contribution >= 0.6 is 0 Å². The second-order valence-corrected chi connectivity index (χ2v) is 7.79. The minimum atomic E-state index is 0.401. The number of anilines is 2. The van der Waals surface area contributed by atoms with Gasteiger partial charge in [0.15, 0.2) is 5.82 Å². The molecule has 2 fully saturated rings. The lowest BCUT2D eigenvalue weighted by atomic mass is 9.95. The van der Waals surface area contributed by atoms with Crippen molar-refractivity contribution in [3.8, 4) is 0 Å². The Hall–Kier alpha value is -2.73. The molecule has 2 aromatic heterocycles. The monoisotopic (exact) mass is 375 g/mol. The molecule has 0 amide bonds. The maximum Gasteiger partial charge on any atom is 0.150 e. The minimum Gasteiger partial charge on any atom is -0.384 e. The highest BCUT2D eigenvalue weighted by atomic mass is 16.5. The molecule has 0 unspecified atom stereocenters. The van der Waals surface area contributed by atoms with Crippen LogP contribution in [0.2, 0.25) is 0 Å². The van der Waals surface area contributed by atoms with Gasteiger partial charge < -0.3 is 14.5 Å². The highest BCUT2D eigenvalue weighted by Crippen LogP contribution is 2.35. The second kappa shape index (κ2) is 7.36. The van der Waals surface area contributed by atoms with Gasteiger partial charge in [-0.05, 0) is 24.6 Å². The molecular weight excluding hydrogens is 350 g/mol. The summed E-state index contributed by atoms with van der Waals surface area (Å²) in [6, 6.07) is 12.5. The topological polar surface area (TPSA) is 54.4 Å². The van der Waals surface area contributed by atoms with Crippen LogP contribution in [-0.4, -0.2) is 54.8 Å². The molecule has 5 rings (SSSR count). The number of hydrogen-bond acceptors (Lipinski definition) is 6. The van der Waals surface area contributed by atoms with E-state index in [1.54, 1.807) is 7.11 Å². The van der Waals surface area contributed by atoms with Crippen LogP contribution in [0, 0.1) is 5.92 Å². The number of nitrogens with zero attached hydrogens (tertiary/aromatic N) is 5. The summed E-state index contributed by atoms with van der Waals surface area (Å²) in [6.07, 6.45) is 4.78. The Morgan fingerprint density at radius 2 is 1.86 bits per heavy atom. The largest absolute Gasteiger partial charge is 0.384 e. The molecule has 3 aromatic rings. The van der Waals surface area contributed by atoms with Crippen molar-refractivity contribution in [3.63, 3.8) is 0 Å². The molecule has 0 spiro atoms. The fourth-order valence-corrected chi connectivity index (χ4v) is 4.34. The van der Waals surface area contributed by atoms with E-state index in [1.165, 1.54) is 5.39 Å². The van der Waals surface area contributed by atoms with Gasteiger partial charge in [0.25, 0.3) is 0 Å². The Labute approximate surface area is 165 Å². The fraction of sp³-hybridized carbons (Fsp3) is 0.409. The average Bonchev–Trinajstić information content (AvgIpc) is 3.16. The molecule has 1 atom stereocenters. The smallest absolute Gasteiger partial charge is 0.150 e. The van der Waals surface area contributed by atoms with Crippen LogP contribution in [-0.2, 0) is 4.74 Å².